The topological polar surface area (TPSA) is 41.7 Å². The molecule has 2 N–H and O–H groups in total. The van der Waals surface area contributed by atoms with Crippen molar-refractivity contribution in [2.24, 2.45) is 5.73 Å². The fourth-order valence-electron chi connectivity index (χ4n) is 3.36. The lowest BCUT2D eigenvalue weighted by molar-refractivity contribution is 0.168. The quantitative estimate of drug-likeness (QED) is 0.832. The van der Waals surface area contributed by atoms with Crippen molar-refractivity contribution in [3.05, 3.63) is 35.4 Å². The van der Waals surface area contributed by atoms with Gasteiger partial charge in [-0.25, -0.2) is 0 Å². The summed E-state index contributed by atoms with van der Waals surface area (Å²) in [6, 6.07) is 9.38. The molecule has 1 aromatic rings. The molecule has 0 spiro atoms. The van der Waals surface area contributed by atoms with Gasteiger partial charge >= 0.3 is 0 Å². The van der Waals surface area contributed by atoms with Crippen molar-refractivity contribution < 1.29 is 4.74 Å². The first kappa shape index (κ1) is 16.4. The minimum atomic E-state index is 0.255. The standard InChI is InChI=1S/C17H29N3O/c1-19-10-6-8-15(19)12-20(2)17(11-18)16-9-5-4-7-14(16)13-21-3/h4-5,7,9,15,17H,6,8,10-13,18H2,1-3H3. The summed E-state index contributed by atoms with van der Waals surface area (Å²) in [5.41, 5.74) is 8.62. The van der Waals surface area contributed by atoms with Crippen molar-refractivity contribution in [3.8, 4) is 0 Å². The third-order valence-corrected chi connectivity index (χ3v) is 4.64. The van der Waals surface area contributed by atoms with E-state index in [1.165, 1.54) is 30.5 Å². The maximum atomic E-state index is 6.08. The number of likely N-dealkylation sites (N-methyl/N-ethyl adjacent to an activating group) is 2. The number of nitrogens with zero attached hydrogens (tertiary/aromatic N) is 2. The van der Waals surface area contributed by atoms with Gasteiger partial charge in [-0.2, -0.15) is 0 Å². The Morgan fingerprint density at radius 3 is 2.81 bits per heavy atom. The van der Waals surface area contributed by atoms with Crippen molar-refractivity contribution in [1.29, 1.82) is 0 Å². The zero-order chi connectivity index (χ0) is 15.2. The Morgan fingerprint density at radius 2 is 2.19 bits per heavy atom. The summed E-state index contributed by atoms with van der Waals surface area (Å²) in [5.74, 6) is 0. The maximum absolute atomic E-state index is 6.08. The first-order valence-electron chi connectivity index (χ1n) is 7.84. The van der Waals surface area contributed by atoms with Crippen molar-refractivity contribution in [2.75, 3.05) is 40.8 Å². The number of methoxy groups -OCH3 is 1. The van der Waals surface area contributed by atoms with Crippen LogP contribution in [0.4, 0.5) is 0 Å². The lowest BCUT2D eigenvalue weighted by atomic mass is 9.99. The minimum absolute atomic E-state index is 0.255. The normalized spacial score (nSPS) is 21.1. The van der Waals surface area contributed by atoms with Gasteiger partial charge in [0.05, 0.1) is 6.61 Å². The van der Waals surface area contributed by atoms with E-state index in [4.69, 9.17) is 10.5 Å². The van der Waals surface area contributed by atoms with Crippen molar-refractivity contribution in [1.82, 2.24) is 9.80 Å². The van der Waals surface area contributed by atoms with E-state index in [1.807, 2.05) is 0 Å². The zero-order valence-corrected chi connectivity index (χ0v) is 13.6. The van der Waals surface area contributed by atoms with E-state index < -0.39 is 0 Å². The monoisotopic (exact) mass is 291 g/mol. The highest BCUT2D eigenvalue weighted by Gasteiger charge is 2.26. The molecule has 118 valence electrons. The number of rotatable bonds is 7. The molecule has 1 aliphatic heterocycles. The highest BCUT2D eigenvalue weighted by molar-refractivity contribution is 5.30. The molecule has 0 amide bonds. The van der Waals surface area contributed by atoms with Gasteiger partial charge in [0.2, 0.25) is 0 Å². The number of ether oxygens (including phenoxy) is 1. The van der Waals surface area contributed by atoms with Crippen LogP contribution in [0.25, 0.3) is 0 Å². The summed E-state index contributed by atoms with van der Waals surface area (Å²) < 4.78 is 5.33. The summed E-state index contributed by atoms with van der Waals surface area (Å²) >= 11 is 0. The van der Waals surface area contributed by atoms with Crippen LogP contribution in [-0.4, -0.2) is 56.7 Å². The average Bonchev–Trinajstić information content (AvgIpc) is 2.87. The lowest BCUT2D eigenvalue weighted by Crippen LogP contribution is -2.40. The van der Waals surface area contributed by atoms with Gasteiger partial charge in [0.25, 0.3) is 0 Å². The van der Waals surface area contributed by atoms with Gasteiger partial charge in [-0.1, -0.05) is 24.3 Å². The Bertz CT molecular complexity index is 438. The number of nitrogens with two attached hydrogens (primary N) is 1. The second-order valence-electron chi connectivity index (χ2n) is 6.10. The highest BCUT2D eigenvalue weighted by atomic mass is 16.5. The molecule has 1 saturated heterocycles. The van der Waals surface area contributed by atoms with E-state index in [1.54, 1.807) is 7.11 Å². The molecule has 1 aliphatic rings. The molecule has 21 heavy (non-hydrogen) atoms. The molecule has 1 heterocycles. The minimum Gasteiger partial charge on any atom is -0.380 e. The second kappa shape index (κ2) is 7.90. The van der Waals surface area contributed by atoms with Gasteiger partial charge in [0, 0.05) is 32.3 Å². The van der Waals surface area contributed by atoms with E-state index in [2.05, 4.69) is 48.2 Å². The van der Waals surface area contributed by atoms with Gasteiger partial charge in [-0.3, -0.25) is 4.90 Å². The molecule has 2 rings (SSSR count). The third kappa shape index (κ3) is 4.04. The lowest BCUT2D eigenvalue weighted by Gasteiger charge is -2.33. The highest BCUT2D eigenvalue weighted by Crippen LogP contribution is 2.25. The molecule has 0 radical (unpaired) electrons. The largest absolute Gasteiger partial charge is 0.380 e. The number of benzene rings is 1. The van der Waals surface area contributed by atoms with E-state index in [-0.39, 0.29) is 6.04 Å². The summed E-state index contributed by atoms with van der Waals surface area (Å²) in [5, 5.41) is 0. The zero-order valence-electron chi connectivity index (χ0n) is 13.6. The molecule has 1 aromatic carbocycles. The van der Waals surface area contributed by atoms with Gasteiger partial charge in [-0.05, 0) is 44.6 Å². The molecular weight excluding hydrogens is 262 g/mol. The van der Waals surface area contributed by atoms with Gasteiger partial charge in [0.1, 0.15) is 0 Å². The Hall–Kier alpha value is -0.940. The van der Waals surface area contributed by atoms with Crippen LogP contribution in [-0.2, 0) is 11.3 Å². The molecule has 4 heteroatoms. The van der Waals surface area contributed by atoms with E-state index in [0.29, 0.717) is 19.2 Å². The molecular formula is C17H29N3O. The molecule has 0 bridgehead atoms. The second-order valence-corrected chi connectivity index (χ2v) is 6.10. The Balaban J connectivity index is 2.11. The van der Waals surface area contributed by atoms with Crippen LogP contribution < -0.4 is 5.73 Å². The van der Waals surface area contributed by atoms with Crippen LogP contribution in [0.1, 0.15) is 30.0 Å². The Morgan fingerprint density at radius 1 is 1.43 bits per heavy atom. The summed E-state index contributed by atoms with van der Waals surface area (Å²) in [4.78, 5) is 4.87. The predicted molar refractivity (Wildman–Crippen MR) is 87.2 cm³/mol. The van der Waals surface area contributed by atoms with Crippen molar-refractivity contribution in [2.45, 2.75) is 31.5 Å². The number of hydrogen-bond acceptors (Lipinski definition) is 4. The molecule has 1 fully saturated rings. The average molecular weight is 291 g/mol. The first-order chi connectivity index (χ1) is 10.2. The van der Waals surface area contributed by atoms with E-state index >= 15 is 0 Å². The summed E-state index contributed by atoms with van der Waals surface area (Å²) in [6.45, 7) is 3.56. The van der Waals surface area contributed by atoms with Gasteiger partial charge in [0.15, 0.2) is 0 Å². The third-order valence-electron chi connectivity index (χ3n) is 4.64. The predicted octanol–water partition coefficient (Wildman–Crippen LogP) is 1.86. The fraction of sp³-hybridized carbons (Fsp3) is 0.647. The maximum Gasteiger partial charge on any atom is 0.0716 e. The smallest absolute Gasteiger partial charge is 0.0716 e. The SMILES string of the molecule is COCc1ccccc1C(CN)N(C)CC1CCCN1C. The molecule has 0 aliphatic carbocycles. The van der Waals surface area contributed by atoms with Crippen LogP contribution in [0.3, 0.4) is 0 Å². The van der Waals surface area contributed by atoms with Crippen LogP contribution in [0.5, 0.6) is 0 Å². The first-order valence-corrected chi connectivity index (χ1v) is 7.84. The van der Waals surface area contributed by atoms with Crippen LogP contribution in [0, 0.1) is 0 Å². The van der Waals surface area contributed by atoms with Gasteiger partial charge in [-0.15, -0.1) is 0 Å². The fourth-order valence-corrected chi connectivity index (χ4v) is 3.36. The van der Waals surface area contributed by atoms with Crippen LogP contribution in [0.15, 0.2) is 24.3 Å². The van der Waals surface area contributed by atoms with Gasteiger partial charge < -0.3 is 15.4 Å². The molecule has 0 saturated carbocycles. The van der Waals surface area contributed by atoms with Crippen molar-refractivity contribution in [3.63, 3.8) is 0 Å². The van der Waals surface area contributed by atoms with E-state index in [9.17, 15) is 0 Å². The van der Waals surface area contributed by atoms with E-state index in [0.717, 1.165) is 6.54 Å². The van der Waals surface area contributed by atoms with Crippen LogP contribution in [0.2, 0.25) is 0 Å². The Labute approximate surface area is 128 Å². The Kier molecular flexibility index (Phi) is 6.18. The number of likely N-dealkylation sites (tertiary alicyclic amines) is 1. The molecule has 4 nitrogen and oxygen atoms in total. The van der Waals surface area contributed by atoms with Crippen LogP contribution >= 0.6 is 0 Å². The molecule has 2 unspecified atom stereocenters. The molecule has 2 atom stereocenters. The van der Waals surface area contributed by atoms with Crippen molar-refractivity contribution >= 4 is 0 Å². The molecule has 0 aromatic heterocycles. The summed E-state index contributed by atoms with van der Waals surface area (Å²) in [7, 11) is 6.15. The number of hydrogen-bond donors (Lipinski definition) is 1. The summed E-state index contributed by atoms with van der Waals surface area (Å²) in [6.07, 6.45) is 2.60.